The van der Waals surface area contributed by atoms with Gasteiger partial charge in [-0.15, -0.1) is 0 Å². The van der Waals surface area contributed by atoms with Gasteiger partial charge in [0, 0.05) is 38.2 Å². The highest BCUT2D eigenvalue weighted by molar-refractivity contribution is 5.79. The largest absolute Gasteiger partial charge is 0.376 e. The fourth-order valence-electron chi connectivity index (χ4n) is 3.43. The molecule has 0 saturated carbocycles. The molecule has 0 bridgehead atoms. The molecule has 24 heavy (non-hydrogen) atoms. The number of nitro groups is 1. The first-order valence-corrected chi connectivity index (χ1v) is 8.53. The Bertz CT molecular complexity index is 593. The van der Waals surface area contributed by atoms with Gasteiger partial charge >= 0.3 is 0 Å². The van der Waals surface area contributed by atoms with Crippen LogP contribution in [0.5, 0.6) is 0 Å². The summed E-state index contributed by atoms with van der Waals surface area (Å²) in [4.78, 5) is 25.1. The molecule has 7 nitrogen and oxygen atoms in total. The molecule has 2 fully saturated rings. The van der Waals surface area contributed by atoms with Crippen LogP contribution in [0.15, 0.2) is 24.3 Å². The minimum absolute atomic E-state index is 0.0228. The van der Waals surface area contributed by atoms with Crippen molar-refractivity contribution >= 4 is 17.3 Å². The molecular weight excluding hydrogens is 310 g/mol. The maximum absolute atomic E-state index is 12.3. The summed E-state index contributed by atoms with van der Waals surface area (Å²) in [5.74, 6) is 0.0538. The van der Waals surface area contributed by atoms with Crippen LogP contribution in [0.2, 0.25) is 0 Å². The van der Waals surface area contributed by atoms with Gasteiger partial charge in [-0.05, 0) is 31.7 Å². The summed E-state index contributed by atoms with van der Waals surface area (Å²) in [5, 5.41) is 14.1. The van der Waals surface area contributed by atoms with Gasteiger partial charge in [0.2, 0.25) is 5.91 Å². The number of nitrogens with one attached hydrogen (secondary N) is 1. The second kappa shape index (κ2) is 7.61. The molecule has 2 saturated heterocycles. The first-order valence-electron chi connectivity index (χ1n) is 8.53. The Kier molecular flexibility index (Phi) is 5.30. The van der Waals surface area contributed by atoms with Gasteiger partial charge in [-0.2, -0.15) is 0 Å². The van der Waals surface area contributed by atoms with Gasteiger partial charge < -0.3 is 15.0 Å². The van der Waals surface area contributed by atoms with Crippen LogP contribution in [0.3, 0.4) is 0 Å². The van der Waals surface area contributed by atoms with Crippen LogP contribution in [-0.4, -0.2) is 43.2 Å². The molecule has 1 N–H and O–H groups in total. The fraction of sp³-hybridized carbons (Fsp3) is 0.588. The molecule has 1 atom stereocenters. The average Bonchev–Trinajstić information content (AvgIpc) is 3.13. The minimum Gasteiger partial charge on any atom is -0.376 e. The highest BCUT2D eigenvalue weighted by Gasteiger charge is 2.28. The zero-order chi connectivity index (χ0) is 16.9. The quantitative estimate of drug-likeness (QED) is 0.659. The van der Waals surface area contributed by atoms with E-state index in [1.54, 1.807) is 12.1 Å². The van der Waals surface area contributed by atoms with Crippen molar-refractivity contribution in [1.29, 1.82) is 0 Å². The number of carbonyl (C=O) groups is 1. The van der Waals surface area contributed by atoms with Crippen molar-refractivity contribution in [1.82, 2.24) is 5.32 Å². The van der Waals surface area contributed by atoms with Crippen molar-refractivity contribution in [3.8, 4) is 0 Å². The molecule has 2 aliphatic rings. The Hall–Kier alpha value is -2.15. The lowest BCUT2D eigenvalue weighted by Crippen LogP contribution is -2.42. The molecule has 0 aliphatic carbocycles. The third-order valence-electron chi connectivity index (χ3n) is 4.81. The third-order valence-corrected chi connectivity index (χ3v) is 4.81. The van der Waals surface area contributed by atoms with Crippen LogP contribution in [0, 0.1) is 16.0 Å². The molecule has 3 rings (SSSR count). The fourth-order valence-corrected chi connectivity index (χ4v) is 3.43. The van der Waals surface area contributed by atoms with Gasteiger partial charge in [-0.25, -0.2) is 0 Å². The Morgan fingerprint density at radius 3 is 2.71 bits per heavy atom. The van der Waals surface area contributed by atoms with Gasteiger partial charge in [-0.3, -0.25) is 14.9 Å². The van der Waals surface area contributed by atoms with Crippen molar-refractivity contribution in [2.75, 3.05) is 31.1 Å². The number of hydrogen-bond acceptors (Lipinski definition) is 5. The van der Waals surface area contributed by atoms with Gasteiger partial charge in [-0.1, -0.05) is 12.1 Å². The summed E-state index contributed by atoms with van der Waals surface area (Å²) < 4.78 is 5.51. The Balaban J connectivity index is 1.52. The SMILES string of the molecule is O=C(NC[C@@H]1CCCO1)C1CCN(c2ccccc2[N+](=O)[O-])CC1. The van der Waals surface area contributed by atoms with Gasteiger partial charge in [0.1, 0.15) is 5.69 Å². The maximum atomic E-state index is 12.3. The van der Waals surface area contributed by atoms with E-state index in [-0.39, 0.29) is 28.5 Å². The maximum Gasteiger partial charge on any atom is 0.292 e. The zero-order valence-corrected chi connectivity index (χ0v) is 13.6. The summed E-state index contributed by atoms with van der Waals surface area (Å²) >= 11 is 0. The zero-order valence-electron chi connectivity index (χ0n) is 13.6. The van der Waals surface area contributed by atoms with E-state index in [4.69, 9.17) is 4.74 Å². The van der Waals surface area contributed by atoms with Crippen molar-refractivity contribution in [2.24, 2.45) is 5.92 Å². The summed E-state index contributed by atoms with van der Waals surface area (Å²) in [5.41, 5.74) is 0.763. The molecule has 0 radical (unpaired) electrons. The molecule has 2 heterocycles. The predicted molar refractivity (Wildman–Crippen MR) is 90.0 cm³/mol. The molecule has 1 amide bonds. The van der Waals surface area contributed by atoms with Gasteiger partial charge in [0.25, 0.3) is 5.69 Å². The summed E-state index contributed by atoms with van der Waals surface area (Å²) in [6.07, 6.45) is 3.65. The molecule has 1 aromatic rings. The lowest BCUT2D eigenvalue weighted by atomic mass is 9.95. The van der Waals surface area contributed by atoms with Gasteiger partial charge in [0.15, 0.2) is 0 Å². The van der Waals surface area contributed by atoms with Gasteiger partial charge in [0.05, 0.1) is 11.0 Å². The van der Waals surface area contributed by atoms with E-state index in [1.165, 1.54) is 6.07 Å². The summed E-state index contributed by atoms with van der Waals surface area (Å²) in [7, 11) is 0. The smallest absolute Gasteiger partial charge is 0.292 e. The summed E-state index contributed by atoms with van der Waals surface area (Å²) in [6.45, 7) is 2.68. The van der Waals surface area contributed by atoms with E-state index in [1.807, 2.05) is 11.0 Å². The second-order valence-corrected chi connectivity index (χ2v) is 6.39. The van der Waals surface area contributed by atoms with E-state index in [2.05, 4.69) is 5.32 Å². The number of nitro benzene ring substituents is 1. The highest BCUT2D eigenvalue weighted by Crippen LogP contribution is 2.31. The van der Waals surface area contributed by atoms with Crippen LogP contribution < -0.4 is 10.2 Å². The van der Waals surface area contributed by atoms with Crippen LogP contribution in [0.1, 0.15) is 25.7 Å². The molecule has 7 heteroatoms. The first kappa shape index (κ1) is 16.7. The van der Waals surface area contributed by atoms with E-state index in [0.29, 0.717) is 38.2 Å². The monoisotopic (exact) mass is 333 g/mol. The Labute approximate surface area is 141 Å². The number of hydrogen-bond donors (Lipinski definition) is 1. The molecule has 1 aromatic carbocycles. The van der Waals surface area contributed by atoms with Crippen LogP contribution >= 0.6 is 0 Å². The number of nitrogens with zero attached hydrogens (tertiary/aromatic N) is 2. The van der Waals surface area contributed by atoms with E-state index in [0.717, 1.165) is 19.4 Å². The number of para-hydroxylation sites is 2. The number of ether oxygens (including phenoxy) is 1. The lowest BCUT2D eigenvalue weighted by molar-refractivity contribution is -0.384. The van der Waals surface area contributed by atoms with Crippen molar-refractivity contribution in [3.05, 3.63) is 34.4 Å². The first-order chi connectivity index (χ1) is 11.6. The number of rotatable bonds is 5. The van der Waals surface area contributed by atoms with Crippen LogP contribution in [-0.2, 0) is 9.53 Å². The number of amides is 1. The van der Waals surface area contributed by atoms with Crippen molar-refractivity contribution < 1.29 is 14.5 Å². The number of anilines is 1. The second-order valence-electron chi connectivity index (χ2n) is 6.39. The molecule has 2 aliphatic heterocycles. The molecule has 130 valence electrons. The topological polar surface area (TPSA) is 84.7 Å². The van der Waals surface area contributed by atoms with Crippen LogP contribution in [0.25, 0.3) is 0 Å². The average molecular weight is 333 g/mol. The van der Waals surface area contributed by atoms with Crippen molar-refractivity contribution in [3.63, 3.8) is 0 Å². The summed E-state index contributed by atoms with van der Waals surface area (Å²) in [6, 6.07) is 6.78. The molecular formula is C17H23N3O4. The van der Waals surface area contributed by atoms with E-state index in [9.17, 15) is 14.9 Å². The highest BCUT2D eigenvalue weighted by atomic mass is 16.6. The van der Waals surface area contributed by atoms with E-state index < -0.39 is 0 Å². The van der Waals surface area contributed by atoms with Crippen molar-refractivity contribution in [2.45, 2.75) is 31.8 Å². The molecule has 0 unspecified atom stereocenters. The Morgan fingerprint density at radius 2 is 2.04 bits per heavy atom. The molecule has 0 spiro atoms. The number of carbonyl (C=O) groups excluding carboxylic acids is 1. The number of piperidine rings is 1. The number of benzene rings is 1. The standard InChI is InChI=1S/C17H23N3O4/c21-17(18-12-14-4-3-11-24-14)13-7-9-19(10-8-13)15-5-1-2-6-16(15)20(22)23/h1-2,5-6,13-14H,3-4,7-12H2,(H,18,21)/t14-/m0/s1. The normalized spacial score (nSPS) is 21.7. The predicted octanol–water partition coefficient (Wildman–Crippen LogP) is 2.11. The van der Waals surface area contributed by atoms with Crippen LogP contribution in [0.4, 0.5) is 11.4 Å². The van der Waals surface area contributed by atoms with E-state index >= 15 is 0 Å². The third kappa shape index (κ3) is 3.84. The molecule has 0 aromatic heterocycles. The Morgan fingerprint density at radius 1 is 1.29 bits per heavy atom. The lowest BCUT2D eigenvalue weighted by Gasteiger charge is -2.32. The minimum atomic E-state index is -0.351.